The first-order valence-corrected chi connectivity index (χ1v) is 25.3. The highest BCUT2D eigenvalue weighted by molar-refractivity contribution is 6.27. The van der Waals surface area contributed by atoms with Crippen molar-refractivity contribution >= 4 is 23.4 Å². The Hall–Kier alpha value is -4.89. The first kappa shape index (κ1) is 56.3. The standard InChI is InChI=1S/C27H29ClF6N2O2.C27H28F6N2O2/c1-18(19-12-21(26(29,30)31)14-22(13-19)27(32,33)34)38-17-25(20-6-3-2-4-7-20)10-9-24(16-35-25)8-5-11-36(24)23(37)15-28;1-18(19-12-21(26(28,29)30)14-22(13-19)27(31,32)33)37-17-25(20-6-3-2-4-7-20)10-9-24-8-5-11-35(24)23(36)15-34(25)16-24/h2-4,6-7,12-14,18,35H,5,8-11,15-17H2,1H3;2-4,6-7,12-14,18H,5,8-11,15-17H2,1H3/t2*18-,24+,25-/m11/s1. The molecule has 5 fully saturated rings. The Balaban J connectivity index is 0.000000199. The lowest BCUT2D eigenvalue weighted by atomic mass is 9.72. The minimum absolute atomic E-state index is 0.00924. The van der Waals surface area contributed by atoms with E-state index in [0.717, 1.165) is 49.8 Å². The Morgan fingerprint density at radius 1 is 0.613 bits per heavy atom. The Morgan fingerprint density at radius 3 is 1.56 bits per heavy atom. The maximum Gasteiger partial charge on any atom is 0.416 e. The molecule has 408 valence electrons. The second-order valence-electron chi connectivity index (χ2n) is 20.5. The van der Waals surface area contributed by atoms with Crippen molar-refractivity contribution in [1.29, 1.82) is 0 Å². The fraction of sp³-hybridized carbons (Fsp3) is 0.519. The largest absolute Gasteiger partial charge is 0.416 e. The van der Waals surface area contributed by atoms with Crippen LogP contribution < -0.4 is 5.32 Å². The van der Waals surface area contributed by atoms with Crippen LogP contribution in [0, 0.1) is 0 Å². The molecule has 0 radical (unpaired) electrons. The molecule has 2 bridgehead atoms. The number of amides is 2. The molecule has 1 unspecified atom stereocenters. The van der Waals surface area contributed by atoms with Gasteiger partial charge in [-0.1, -0.05) is 60.7 Å². The molecule has 7 atom stereocenters. The smallest absolute Gasteiger partial charge is 0.372 e. The number of piperidine rings is 2. The summed E-state index contributed by atoms with van der Waals surface area (Å²) in [4.78, 5) is 31.4. The van der Waals surface area contributed by atoms with E-state index in [-0.39, 0.29) is 66.3 Å². The number of alkyl halides is 13. The van der Waals surface area contributed by atoms with Crippen molar-refractivity contribution in [2.45, 2.75) is 124 Å². The maximum absolute atomic E-state index is 13.4. The van der Waals surface area contributed by atoms with Crippen LogP contribution in [-0.2, 0) is 54.8 Å². The minimum Gasteiger partial charge on any atom is -0.372 e. The lowest BCUT2D eigenvalue weighted by Crippen LogP contribution is -2.70. The van der Waals surface area contributed by atoms with Gasteiger partial charge in [-0.15, -0.1) is 11.6 Å². The molecule has 8 nitrogen and oxygen atoms in total. The van der Waals surface area contributed by atoms with Gasteiger partial charge in [0.15, 0.2) is 0 Å². The lowest BCUT2D eigenvalue weighted by molar-refractivity contribution is -0.164. The summed E-state index contributed by atoms with van der Waals surface area (Å²) < 4.78 is 173. The maximum atomic E-state index is 13.4. The number of carbonyl (C=O) groups is 2. The third kappa shape index (κ3) is 11.7. The zero-order valence-corrected chi connectivity index (χ0v) is 41.9. The molecule has 5 saturated heterocycles. The van der Waals surface area contributed by atoms with Gasteiger partial charge in [0.2, 0.25) is 11.8 Å². The lowest BCUT2D eigenvalue weighted by Gasteiger charge is -2.59. The van der Waals surface area contributed by atoms with Gasteiger partial charge in [-0.05, 0) is 124 Å². The van der Waals surface area contributed by atoms with E-state index in [1.165, 1.54) is 13.8 Å². The number of hydrogen-bond donors (Lipinski definition) is 1. The molecule has 75 heavy (non-hydrogen) atoms. The van der Waals surface area contributed by atoms with E-state index >= 15 is 0 Å². The Kier molecular flexibility index (Phi) is 15.9. The number of fused-ring (bicyclic) bond motifs is 1. The summed E-state index contributed by atoms with van der Waals surface area (Å²) in [7, 11) is 0. The van der Waals surface area contributed by atoms with E-state index in [0.29, 0.717) is 63.2 Å². The van der Waals surface area contributed by atoms with Crippen molar-refractivity contribution < 1.29 is 71.7 Å². The molecule has 5 aliphatic heterocycles. The van der Waals surface area contributed by atoms with Crippen molar-refractivity contribution in [2.75, 3.05) is 51.8 Å². The van der Waals surface area contributed by atoms with E-state index in [9.17, 15) is 62.3 Å². The van der Waals surface area contributed by atoms with Gasteiger partial charge >= 0.3 is 24.7 Å². The molecule has 9 rings (SSSR count). The Morgan fingerprint density at radius 2 is 1.08 bits per heavy atom. The predicted octanol–water partition coefficient (Wildman–Crippen LogP) is 12.8. The summed E-state index contributed by atoms with van der Waals surface area (Å²) in [6.45, 7) is 5.61. The highest BCUT2D eigenvalue weighted by Crippen LogP contribution is 2.50. The number of ether oxygens (including phenoxy) is 2. The first-order chi connectivity index (χ1) is 35.1. The fourth-order valence-corrected chi connectivity index (χ4v) is 12.0. The second kappa shape index (κ2) is 21.2. The fourth-order valence-electron chi connectivity index (χ4n) is 11.9. The number of halogens is 13. The van der Waals surface area contributed by atoms with Crippen molar-refractivity contribution in [3.8, 4) is 0 Å². The number of piperazine rings is 1. The summed E-state index contributed by atoms with van der Waals surface area (Å²) in [6, 6.07) is 21.9. The molecular formula is C54H57ClF12N4O4. The molecule has 4 aromatic carbocycles. The number of benzene rings is 4. The first-order valence-electron chi connectivity index (χ1n) is 24.7. The predicted molar refractivity (Wildman–Crippen MR) is 254 cm³/mol. The van der Waals surface area contributed by atoms with Crippen LogP contribution in [0.1, 0.15) is 122 Å². The van der Waals surface area contributed by atoms with Crippen LogP contribution in [0.3, 0.4) is 0 Å². The molecule has 0 aromatic heterocycles. The van der Waals surface area contributed by atoms with Crippen molar-refractivity contribution in [1.82, 2.24) is 20.0 Å². The highest BCUT2D eigenvalue weighted by atomic mass is 35.5. The Labute approximate surface area is 431 Å². The number of rotatable bonds is 11. The van der Waals surface area contributed by atoms with Crippen LogP contribution in [0.15, 0.2) is 97.1 Å². The van der Waals surface area contributed by atoms with Gasteiger partial charge in [-0.3, -0.25) is 14.5 Å². The Bertz CT molecular complexity index is 2600. The molecule has 1 N–H and O–H groups in total. The van der Waals surface area contributed by atoms with Crippen LogP contribution in [0.4, 0.5) is 52.7 Å². The molecule has 21 heteroatoms. The summed E-state index contributed by atoms with van der Waals surface area (Å²) in [6.07, 6.45) is -15.7. The highest BCUT2D eigenvalue weighted by Gasteiger charge is 2.58. The molecule has 5 heterocycles. The third-order valence-electron chi connectivity index (χ3n) is 16.1. The summed E-state index contributed by atoms with van der Waals surface area (Å²) >= 11 is 5.84. The molecular weight excluding hydrogens is 1030 g/mol. The molecule has 0 saturated carbocycles. The van der Waals surface area contributed by atoms with Gasteiger partial charge in [0, 0.05) is 26.2 Å². The van der Waals surface area contributed by atoms with Crippen LogP contribution >= 0.6 is 11.6 Å². The average Bonchev–Trinajstić information content (AvgIpc) is 4.00. The van der Waals surface area contributed by atoms with Gasteiger partial charge in [0.1, 0.15) is 5.88 Å². The third-order valence-corrected chi connectivity index (χ3v) is 16.3. The summed E-state index contributed by atoms with van der Waals surface area (Å²) in [5.41, 5.74) is -6.18. The monoisotopic (exact) mass is 1090 g/mol. The zero-order chi connectivity index (χ0) is 54.4. The van der Waals surface area contributed by atoms with E-state index in [1.807, 2.05) is 70.5 Å². The molecule has 4 aromatic rings. The van der Waals surface area contributed by atoms with Crippen molar-refractivity contribution in [3.05, 3.63) is 142 Å². The van der Waals surface area contributed by atoms with E-state index < -0.39 is 75.8 Å². The number of nitrogens with zero attached hydrogens (tertiary/aromatic N) is 3. The van der Waals surface area contributed by atoms with E-state index in [2.05, 4.69) is 10.2 Å². The van der Waals surface area contributed by atoms with Gasteiger partial charge in [0.25, 0.3) is 0 Å². The minimum atomic E-state index is -4.94. The van der Waals surface area contributed by atoms with Gasteiger partial charge in [0.05, 0.1) is 76.4 Å². The van der Waals surface area contributed by atoms with Crippen molar-refractivity contribution in [3.63, 3.8) is 0 Å². The van der Waals surface area contributed by atoms with E-state index in [1.54, 1.807) is 0 Å². The molecule has 5 aliphatic rings. The van der Waals surface area contributed by atoms with Gasteiger partial charge in [-0.2, -0.15) is 52.7 Å². The number of nitrogens with one attached hydrogen (secondary N) is 1. The second-order valence-corrected chi connectivity index (χ2v) is 20.8. The number of hydrogen-bond acceptors (Lipinski definition) is 6. The number of likely N-dealkylation sites (tertiary alicyclic amines) is 1. The zero-order valence-electron chi connectivity index (χ0n) is 41.1. The molecule has 2 spiro atoms. The quantitative estimate of drug-likeness (QED) is 0.119. The topological polar surface area (TPSA) is 74.3 Å². The van der Waals surface area contributed by atoms with Gasteiger partial charge < -0.3 is 24.6 Å². The summed E-state index contributed by atoms with van der Waals surface area (Å²) in [5, 5.41) is 3.55. The van der Waals surface area contributed by atoms with E-state index in [4.69, 9.17) is 21.1 Å². The van der Waals surface area contributed by atoms with Crippen LogP contribution in [0.25, 0.3) is 0 Å². The van der Waals surface area contributed by atoms with Crippen LogP contribution in [-0.4, -0.2) is 89.4 Å². The average molecular weight is 1090 g/mol. The van der Waals surface area contributed by atoms with Crippen LogP contribution in [0.2, 0.25) is 0 Å². The van der Waals surface area contributed by atoms with Crippen LogP contribution in [0.5, 0.6) is 0 Å². The normalized spacial score (nSPS) is 26.9. The van der Waals surface area contributed by atoms with Crippen molar-refractivity contribution in [2.24, 2.45) is 0 Å². The van der Waals surface area contributed by atoms with Gasteiger partial charge in [-0.25, -0.2) is 0 Å². The molecule has 0 aliphatic carbocycles. The SMILES string of the molecule is C[C@@H](OC[C@@]1(c2ccccc2)CC[C@@]2(CCCN2C(=O)CCl)CN1)c1cc(C(F)(F)F)cc(C(F)(F)F)c1.C[C@@H](OC[C@@]1(c2ccccc2)CC[C@]23CCCN2C(=O)CN1C3)c1cc(C(F)(F)F)cc(C(F)(F)F)c1. The number of carbonyl (C=O) groups excluding carboxylic acids is 2. The molecule has 2 amide bonds. The summed E-state index contributed by atoms with van der Waals surface area (Å²) in [5.74, 6) is -0.194.